The fraction of sp³-hybridized carbons (Fsp3) is 0.500. The number of piperazine rings is 1. The molecule has 0 aromatic carbocycles. The van der Waals surface area contributed by atoms with E-state index >= 15 is 0 Å². The van der Waals surface area contributed by atoms with Crippen molar-refractivity contribution in [3.8, 4) is 0 Å². The van der Waals surface area contributed by atoms with Gasteiger partial charge in [-0.1, -0.05) is 0 Å². The highest BCUT2D eigenvalue weighted by molar-refractivity contribution is 5.98. The lowest BCUT2D eigenvalue weighted by Gasteiger charge is -2.35. The summed E-state index contributed by atoms with van der Waals surface area (Å²) >= 11 is 0. The second-order valence-electron chi connectivity index (χ2n) is 6.57. The molecule has 1 unspecified atom stereocenters. The van der Waals surface area contributed by atoms with Gasteiger partial charge < -0.3 is 15.5 Å². The van der Waals surface area contributed by atoms with Crippen LogP contribution in [0, 0.1) is 6.92 Å². The van der Waals surface area contributed by atoms with Crippen LogP contribution in [-0.4, -0.2) is 63.0 Å². The second kappa shape index (κ2) is 5.99. The third-order valence-electron chi connectivity index (χ3n) is 4.72. The Morgan fingerprint density at radius 3 is 2.92 bits per heavy atom. The van der Waals surface area contributed by atoms with E-state index in [1.165, 1.54) is 16.8 Å². The van der Waals surface area contributed by atoms with Crippen molar-refractivity contribution < 1.29 is 9.59 Å². The maximum absolute atomic E-state index is 13.1. The van der Waals surface area contributed by atoms with Crippen molar-refractivity contribution in [2.24, 2.45) is 0 Å². The Hall–Kier alpha value is -2.68. The monoisotopic (exact) mass is 344 g/mol. The lowest BCUT2D eigenvalue weighted by Crippen LogP contribution is -2.60. The van der Waals surface area contributed by atoms with Crippen LogP contribution in [0.4, 0.5) is 0 Å². The number of amides is 2. The van der Waals surface area contributed by atoms with Crippen LogP contribution in [0.2, 0.25) is 0 Å². The highest BCUT2D eigenvalue weighted by Gasteiger charge is 2.36. The van der Waals surface area contributed by atoms with E-state index in [9.17, 15) is 14.4 Å². The first-order valence-electron chi connectivity index (χ1n) is 8.44. The first-order valence-corrected chi connectivity index (χ1v) is 8.44. The van der Waals surface area contributed by atoms with E-state index in [4.69, 9.17) is 0 Å². The average Bonchev–Trinajstić information content (AvgIpc) is 3.33. The Morgan fingerprint density at radius 1 is 1.36 bits per heavy atom. The van der Waals surface area contributed by atoms with E-state index in [0.29, 0.717) is 36.5 Å². The van der Waals surface area contributed by atoms with E-state index in [0.717, 1.165) is 12.8 Å². The zero-order chi connectivity index (χ0) is 17.6. The molecule has 132 valence electrons. The summed E-state index contributed by atoms with van der Waals surface area (Å²) in [5.74, 6) is -0.372. The third-order valence-corrected chi connectivity index (χ3v) is 4.72. The summed E-state index contributed by atoms with van der Waals surface area (Å²) in [5.41, 5.74) is 1.16. The van der Waals surface area contributed by atoms with Crippen LogP contribution in [0.5, 0.6) is 0 Å². The van der Waals surface area contributed by atoms with E-state index < -0.39 is 6.04 Å². The van der Waals surface area contributed by atoms with Gasteiger partial charge in [0.25, 0.3) is 11.5 Å². The molecule has 3 N–H and O–H groups in total. The van der Waals surface area contributed by atoms with Gasteiger partial charge in [-0.3, -0.25) is 19.5 Å². The largest absolute Gasteiger partial charge is 0.352 e. The van der Waals surface area contributed by atoms with Gasteiger partial charge in [0.15, 0.2) is 5.65 Å². The van der Waals surface area contributed by atoms with Crippen LogP contribution in [0.3, 0.4) is 0 Å². The number of hydrogen-bond donors (Lipinski definition) is 3. The third kappa shape index (κ3) is 2.91. The number of fused-ring (bicyclic) bond motifs is 1. The molecule has 1 aliphatic carbocycles. The number of nitrogens with one attached hydrogen (secondary N) is 3. The molecule has 25 heavy (non-hydrogen) atoms. The molecule has 2 aliphatic rings. The first kappa shape index (κ1) is 15.8. The van der Waals surface area contributed by atoms with Gasteiger partial charge in [-0.15, -0.1) is 0 Å². The summed E-state index contributed by atoms with van der Waals surface area (Å²) in [5, 5.41) is 8.77. The minimum Gasteiger partial charge on any atom is -0.352 e. The number of rotatable bonds is 3. The molecule has 1 aliphatic heterocycles. The van der Waals surface area contributed by atoms with Crippen LogP contribution in [0.1, 0.15) is 28.9 Å². The summed E-state index contributed by atoms with van der Waals surface area (Å²) in [6, 6.07) is 1.08. The highest BCUT2D eigenvalue weighted by atomic mass is 16.2. The molecule has 0 radical (unpaired) electrons. The van der Waals surface area contributed by atoms with Crippen LogP contribution in [0.25, 0.3) is 5.65 Å². The van der Waals surface area contributed by atoms with Gasteiger partial charge in [-0.25, -0.2) is 9.50 Å². The predicted molar refractivity (Wildman–Crippen MR) is 89.4 cm³/mol. The summed E-state index contributed by atoms with van der Waals surface area (Å²) in [7, 11) is 0. The van der Waals surface area contributed by atoms with E-state index in [-0.39, 0.29) is 23.4 Å². The molecular weight excluding hydrogens is 324 g/mol. The van der Waals surface area contributed by atoms with Crippen LogP contribution >= 0.6 is 0 Å². The zero-order valence-corrected chi connectivity index (χ0v) is 13.9. The summed E-state index contributed by atoms with van der Waals surface area (Å²) in [4.78, 5) is 42.8. The van der Waals surface area contributed by atoms with Gasteiger partial charge in [-0.2, -0.15) is 0 Å². The van der Waals surface area contributed by atoms with Gasteiger partial charge in [0.1, 0.15) is 6.04 Å². The lowest BCUT2D eigenvalue weighted by atomic mass is 10.1. The molecule has 1 atom stereocenters. The van der Waals surface area contributed by atoms with Crippen molar-refractivity contribution in [1.82, 2.24) is 30.1 Å². The van der Waals surface area contributed by atoms with Gasteiger partial charge >= 0.3 is 0 Å². The molecule has 3 heterocycles. The Labute approximate surface area is 143 Å². The Balaban J connectivity index is 1.64. The standard InChI is InChI=1S/C16H20N6O3/c1-9-11(7-18-13-6-14(23)20-22(9)13)16(25)21-5-4-17-8-12(21)15(24)19-10-2-3-10/h6-7,10,12,17H,2-5,8H2,1H3,(H,19,24)(H,20,23). The molecule has 2 fully saturated rings. The minimum atomic E-state index is -0.541. The van der Waals surface area contributed by atoms with Gasteiger partial charge in [-0.05, 0) is 19.8 Å². The van der Waals surface area contributed by atoms with Crippen molar-refractivity contribution in [3.05, 3.63) is 33.9 Å². The maximum atomic E-state index is 13.1. The van der Waals surface area contributed by atoms with Crippen LogP contribution in [-0.2, 0) is 4.79 Å². The Bertz CT molecular complexity index is 897. The average molecular weight is 344 g/mol. The summed E-state index contributed by atoms with van der Waals surface area (Å²) in [6.45, 7) is 3.26. The first-order chi connectivity index (χ1) is 12.0. The maximum Gasteiger partial charge on any atom is 0.266 e. The predicted octanol–water partition coefficient (Wildman–Crippen LogP) is -0.976. The molecule has 1 saturated carbocycles. The Morgan fingerprint density at radius 2 is 2.16 bits per heavy atom. The van der Waals surface area contributed by atoms with Gasteiger partial charge in [0.2, 0.25) is 5.91 Å². The zero-order valence-electron chi connectivity index (χ0n) is 13.9. The summed E-state index contributed by atoms with van der Waals surface area (Å²) < 4.78 is 1.50. The molecule has 1 saturated heterocycles. The number of nitrogens with zero attached hydrogens (tertiary/aromatic N) is 3. The van der Waals surface area contributed by atoms with Crippen molar-refractivity contribution in [3.63, 3.8) is 0 Å². The number of H-pyrrole nitrogens is 1. The number of carbonyl (C=O) groups is 2. The molecule has 0 bridgehead atoms. The molecule has 9 heteroatoms. The van der Waals surface area contributed by atoms with Gasteiger partial charge in [0, 0.05) is 37.9 Å². The van der Waals surface area contributed by atoms with Crippen LogP contribution < -0.4 is 16.2 Å². The summed E-state index contributed by atoms with van der Waals surface area (Å²) in [6.07, 6.45) is 3.47. The Kier molecular flexibility index (Phi) is 3.79. The molecule has 2 aromatic rings. The molecule has 0 spiro atoms. The molecule has 2 amide bonds. The SMILES string of the molecule is Cc1c(C(=O)N2CCNCC2C(=O)NC2CC2)cnc2cc(=O)[nH]n12. The highest BCUT2D eigenvalue weighted by Crippen LogP contribution is 2.20. The van der Waals surface area contributed by atoms with Gasteiger partial charge in [0.05, 0.1) is 11.3 Å². The van der Waals surface area contributed by atoms with Crippen molar-refractivity contribution in [2.45, 2.75) is 31.8 Å². The van der Waals surface area contributed by atoms with E-state index in [2.05, 4.69) is 20.7 Å². The molecule has 9 nitrogen and oxygen atoms in total. The normalized spacial score (nSPS) is 20.7. The molecule has 2 aromatic heterocycles. The number of aryl methyl sites for hydroxylation is 1. The molecule has 4 rings (SSSR count). The van der Waals surface area contributed by atoms with E-state index in [1.807, 2.05) is 0 Å². The number of aromatic nitrogens is 3. The van der Waals surface area contributed by atoms with Crippen LogP contribution in [0.15, 0.2) is 17.1 Å². The van der Waals surface area contributed by atoms with E-state index in [1.54, 1.807) is 11.8 Å². The number of carbonyl (C=O) groups excluding carboxylic acids is 2. The fourth-order valence-corrected chi connectivity index (χ4v) is 3.15. The fourth-order valence-electron chi connectivity index (χ4n) is 3.15. The quantitative estimate of drug-likeness (QED) is 0.663. The van der Waals surface area contributed by atoms with Crippen molar-refractivity contribution >= 4 is 17.5 Å². The number of hydrogen-bond acceptors (Lipinski definition) is 5. The number of aromatic amines is 1. The second-order valence-corrected chi connectivity index (χ2v) is 6.57. The van der Waals surface area contributed by atoms with Crippen molar-refractivity contribution in [1.29, 1.82) is 0 Å². The lowest BCUT2D eigenvalue weighted by molar-refractivity contribution is -0.126. The van der Waals surface area contributed by atoms with Crippen molar-refractivity contribution in [2.75, 3.05) is 19.6 Å². The topological polar surface area (TPSA) is 112 Å². The minimum absolute atomic E-state index is 0.121. The smallest absolute Gasteiger partial charge is 0.266 e. The molecular formula is C16H20N6O3.